The van der Waals surface area contributed by atoms with E-state index in [1.54, 1.807) is 7.11 Å². The Kier molecular flexibility index (Phi) is 7.69. The maximum atomic E-state index is 16.0. The van der Waals surface area contributed by atoms with Crippen LogP contribution in [0.15, 0.2) is 42.0 Å². The van der Waals surface area contributed by atoms with Gasteiger partial charge in [0.15, 0.2) is 0 Å². The van der Waals surface area contributed by atoms with Crippen molar-refractivity contribution in [1.29, 1.82) is 0 Å². The number of aryl methyl sites for hydroxylation is 1. The Hall–Kier alpha value is -4.07. The normalized spacial score (nSPS) is 17.0. The lowest BCUT2D eigenvalue weighted by Crippen LogP contribution is -2.46. The highest BCUT2D eigenvalue weighted by Crippen LogP contribution is 2.47. The molecule has 4 aromatic heterocycles. The first-order valence-electron chi connectivity index (χ1n) is 14.7. The van der Waals surface area contributed by atoms with Crippen molar-refractivity contribution in [2.45, 2.75) is 19.5 Å². The summed E-state index contributed by atoms with van der Waals surface area (Å²) in [7, 11) is 3.47. The van der Waals surface area contributed by atoms with Crippen LogP contribution in [-0.2, 0) is 18.3 Å². The van der Waals surface area contributed by atoms with E-state index in [1.165, 1.54) is 17.4 Å². The summed E-state index contributed by atoms with van der Waals surface area (Å²) in [6.07, 6.45) is 3.91. The van der Waals surface area contributed by atoms with Crippen LogP contribution in [0.1, 0.15) is 18.7 Å². The third-order valence-corrected chi connectivity index (χ3v) is 9.24. The number of ether oxygens (including phenoxy) is 2. The lowest BCUT2D eigenvalue weighted by Gasteiger charge is -2.36. The Balaban J connectivity index is 1.38. The molecule has 44 heavy (non-hydrogen) atoms. The molecule has 1 saturated heterocycles. The van der Waals surface area contributed by atoms with E-state index in [0.29, 0.717) is 17.0 Å². The Morgan fingerprint density at radius 3 is 2.61 bits per heavy atom. The van der Waals surface area contributed by atoms with Crippen molar-refractivity contribution in [3.63, 3.8) is 0 Å². The summed E-state index contributed by atoms with van der Waals surface area (Å²) < 4.78 is 46.2. The maximum Gasteiger partial charge on any atom is 0.138 e. The maximum absolute atomic E-state index is 16.0. The predicted molar refractivity (Wildman–Crippen MR) is 168 cm³/mol. The number of nitrogens with zero attached hydrogens (tertiary/aromatic N) is 7. The molecule has 0 radical (unpaired) electrons. The van der Waals surface area contributed by atoms with Crippen molar-refractivity contribution in [2.75, 3.05) is 62.8 Å². The number of hydrogen-bond donors (Lipinski definition) is 1. The fourth-order valence-electron chi connectivity index (χ4n) is 6.12. The van der Waals surface area contributed by atoms with E-state index in [4.69, 9.17) is 19.6 Å². The van der Waals surface area contributed by atoms with E-state index in [-0.39, 0.29) is 30.6 Å². The first-order valence-corrected chi connectivity index (χ1v) is 15.6. The van der Waals surface area contributed by atoms with E-state index in [1.807, 2.05) is 46.3 Å². The first-order chi connectivity index (χ1) is 21.4. The molecule has 1 aromatic carbocycles. The van der Waals surface area contributed by atoms with Crippen LogP contribution < -0.4 is 19.9 Å². The molecular weight excluding hydrogens is 586 g/mol. The zero-order valence-corrected chi connectivity index (χ0v) is 25.7. The second-order valence-corrected chi connectivity index (χ2v) is 12.0. The standard InChI is InChI=1S/C31H34F2N8O2S/c1-19-25-16-24(37-41(25)6-5-34-19)29-28(27-23(33)14-20(32)15-26(27)43-12-11-42-3)30-22(4-13-44-30)31(36-29)40-9-7-39(8-10-40)21-17-35-38(2)18-21/h4,13-19,34H,5-12H2,1-3H3/t19-/m1/s1. The largest absolute Gasteiger partial charge is 0.490 e. The topological polar surface area (TPSA) is 85.5 Å². The number of nitrogens with one attached hydrogen (secondary N) is 1. The number of thiophene rings is 1. The van der Waals surface area contributed by atoms with Gasteiger partial charge in [0.2, 0.25) is 0 Å². The zero-order valence-electron chi connectivity index (χ0n) is 24.9. The Morgan fingerprint density at radius 1 is 1.05 bits per heavy atom. The number of pyridine rings is 1. The molecule has 0 aliphatic carbocycles. The summed E-state index contributed by atoms with van der Waals surface area (Å²) in [5, 5.41) is 15.7. The number of halogens is 2. The van der Waals surface area contributed by atoms with Crippen molar-refractivity contribution < 1.29 is 18.3 Å². The predicted octanol–water partition coefficient (Wildman–Crippen LogP) is 4.85. The van der Waals surface area contributed by atoms with Crippen LogP contribution in [0.4, 0.5) is 20.3 Å². The van der Waals surface area contributed by atoms with E-state index >= 15 is 4.39 Å². The number of aromatic nitrogens is 5. The number of methoxy groups -OCH3 is 1. The van der Waals surface area contributed by atoms with Crippen molar-refractivity contribution in [3.8, 4) is 28.3 Å². The Morgan fingerprint density at radius 2 is 1.86 bits per heavy atom. The zero-order chi connectivity index (χ0) is 30.4. The molecule has 5 aromatic rings. The lowest BCUT2D eigenvalue weighted by atomic mass is 9.98. The minimum absolute atomic E-state index is 0.106. The van der Waals surface area contributed by atoms with Crippen LogP contribution in [0.5, 0.6) is 5.75 Å². The molecule has 0 spiro atoms. The van der Waals surface area contributed by atoms with Gasteiger partial charge in [0.1, 0.15) is 41.2 Å². The Labute approximate surface area is 257 Å². The highest BCUT2D eigenvalue weighted by atomic mass is 32.1. The van der Waals surface area contributed by atoms with Gasteiger partial charge in [-0.05, 0) is 24.4 Å². The molecule has 1 atom stereocenters. The monoisotopic (exact) mass is 620 g/mol. The molecule has 7 rings (SSSR count). The van der Waals surface area contributed by atoms with Crippen molar-refractivity contribution >= 4 is 32.9 Å². The fourth-order valence-corrected chi connectivity index (χ4v) is 7.07. The van der Waals surface area contributed by atoms with E-state index in [0.717, 1.165) is 72.6 Å². The van der Waals surface area contributed by atoms with E-state index in [9.17, 15) is 4.39 Å². The van der Waals surface area contributed by atoms with E-state index in [2.05, 4.69) is 27.1 Å². The van der Waals surface area contributed by atoms with Crippen LogP contribution in [-0.4, -0.2) is 77.6 Å². The summed E-state index contributed by atoms with van der Waals surface area (Å²) in [5.74, 6) is -0.496. The van der Waals surface area contributed by atoms with Gasteiger partial charge < -0.3 is 24.6 Å². The minimum Gasteiger partial charge on any atom is -0.490 e. The minimum atomic E-state index is -0.716. The first kappa shape index (κ1) is 28.7. The number of benzene rings is 1. The van der Waals surface area contributed by atoms with E-state index < -0.39 is 11.6 Å². The van der Waals surface area contributed by atoms with Gasteiger partial charge in [-0.2, -0.15) is 10.2 Å². The molecule has 0 saturated carbocycles. The number of fused-ring (bicyclic) bond motifs is 2. The third kappa shape index (κ3) is 5.18. The van der Waals surface area contributed by atoms with Crippen molar-refractivity contribution in [3.05, 3.63) is 59.4 Å². The van der Waals surface area contributed by atoms with Crippen LogP contribution in [0, 0.1) is 11.6 Å². The van der Waals surface area contributed by atoms with Gasteiger partial charge in [-0.25, -0.2) is 13.8 Å². The lowest BCUT2D eigenvalue weighted by molar-refractivity contribution is 0.146. The Bertz CT molecular complexity index is 1810. The van der Waals surface area contributed by atoms with Crippen molar-refractivity contribution in [1.82, 2.24) is 29.9 Å². The third-order valence-electron chi connectivity index (χ3n) is 8.31. The van der Waals surface area contributed by atoms with Gasteiger partial charge in [0.25, 0.3) is 0 Å². The average molecular weight is 621 g/mol. The molecule has 1 N–H and O–H groups in total. The van der Waals surface area contributed by atoms with Gasteiger partial charge in [0.05, 0.1) is 36.3 Å². The molecule has 1 fully saturated rings. The molecule has 13 heteroatoms. The van der Waals surface area contributed by atoms with Crippen LogP contribution in [0.2, 0.25) is 0 Å². The number of hydrogen-bond acceptors (Lipinski definition) is 9. The van der Waals surface area contributed by atoms with Crippen LogP contribution >= 0.6 is 11.3 Å². The summed E-state index contributed by atoms with van der Waals surface area (Å²) in [6.45, 7) is 7.16. The fraction of sp³-hybridized carbons (Fsp3) is 0.387. The molecule has 10 nitrogen and oxygen atoms in total. The van der Waals surface area contributed by atoms with Gasteiger partial charge in [-0.1, -0.05) is 0 Å². The molecule has 2 aliphatic rings. The summed E-state index contributed by atoms with van der Waals surface area (Å²) >= 11 is 1.51. The SMILES string of the molecule is COCCOc1cc(F)cc(F)c1-c1c(-c2cc3n(n2)CCN[C@@H]3C)nc(N2CCN(c3cnn(C)c3)CC2)c2ccsc12. The summed E-state index contributed by atoms with van der Waals surface area (Å²) in [6, 6.07) is 6.29. The van der Waals surface area contributed by atoms with Gasteiger partial charge in [0, 0.05) is 86.9 Å². The number of rotatable bonds is 8. The van der Waals surface area contributed by atoms with Crippen molar-refractivity contribution in [2.24, 2.45) is 7.05 Å². The molecule has 0 unspecified atom stereocenters. The molecule has 2 aliphatic heterocycles. The second kappa shape index (κ2) is 11.8. The van der Waals surface area contributed by atoms with Crippen LogP contribution in [0.25, 0.3) is 32.6 Å². The molecule has 0 bridgehead atoms. The second-order valence-electron chi connectivity index (χ2n) is 11.1. The molecule has 0 amide bonds. The molecule has 230 valence electrons. The van der Waals surface area contributed by atoms with Gasteiger partial charge in [-0.15, -0.1) is 11.3 Å². The average Bonchev–Trinajstić information content (AvgIpc) is 3.77. The number of piperazine rings is 1. The van der Waals surface area contributed by atoms with Gasteiger partial charge >= 0.3 is 0 Å². The number of anilines is 2. The molecular formula is C31H34F2N8O2S. The summed E-state index contributed by atoms with van der Waals surface area (Å²) in [4.78, 5) is 9.88. The smallest absolute Gasteiger partial charge is 0.138 e. The molecule has 6 heterocycles. The quantitative estimate of drug-likeness (QED) is 0.247. The summed E-state index contributed by atoms with van der Waals surface area (Å²) in [5.41, 5.74) is 4.03. The highest BCUT2D eigenvalue weighted by molar-refractivity contribution is 7.18. The van der Waals surface area contributed by atoms with Gasteiger partial charge in [-0.3, -0.25) is 9.36 Å². The highest BCUT2D eigenvalue weighted by Gasteiger charge is 2.30. The van der Waals surface area contributed by atoms with Crippen LogP contribution in [0.3, 0.4) is 0 Å².